The van der Waals surface area contributed by atoms with Gasteiger partial charge in [-0.15, -0.1) is 0 Å². The standard InChI is InChI=1S/C17H15N3O3/c1-2-23-12-9-7-11(8-10-12)18-16(21)15-13-5-3-4-6-14(13)19-17(22)20-15/h3-10H,2H2,1H3,(H,18,21)(H,19,20,22). The van der Waals surface area contributed by atoms with E-state index in [9.17, 15) is 9.59 Å². The van der Waals surface area contributed by atoms with Gasteiger partial charge in [0.25, 0.3) is 5.91 Å². The third-order valence-corrected chi connectivity index (χ3v) is 3.28. The lowest BCUT2D eigenvalue weighted by molar-refractivity contribution is 0.102. The van der Waals surface area contributed by atoms with Crippen LogP contribution in [0.4, 0.5) is 5.69 Å². The van der Waals surface area contributed by atoms with Gasteiger partial charge in [0.2, 0.25) is 0 Å². The van der Waals surface area contributed by atoms with Crippen molar-refractivity contribution >= 4 is 22.5 Å². The van der Waals surface area contributed by atoms with E-state index in [0.29, 0.717) is 23.2 Å². The molecule has 0 saturated carbocycles. The number of benzene rings is 2. The summed E-state index contributed by atoms with van der Waals surface area (Å²) in [4.78, 5) is 30.5. The minimum Gasteiger partial charge on any atom is -0.494 e. The fraction of sp³-hybridized carbons (Fsp3) is 0.118. The van der Waals surface area contributed by atoms with Gasteiger partial charge in [0.05, 0.1) is 12.1 Å². The molecule has 0 aliphatic carbocycles. The largest absolute Gasteiger partial charge is 0.494 e. The van der Waals surface area contributed by atoms with Crippen molar-refractivity contribution in [1.29, 1.82) is 0 Å². The van der Waals surface area contributed by atoms with Crippen LogP contribution < -0.4 is 15.7 Å². The number of nitrogens with zero attached hydrogens (tertiary/aromatic N) is 1. The van der Waals surface area contributed by atoms with Crippen LogP contribution in [0.25, 0.3) is 10.9 Å². The van der Waals surface area contributed by atoms with Crippen LogP contribution in [0.2, 0.25) is 0 Å². The van der Waals surface area contributed by atoms with Crippen molar-refractivity contribution < 1.29 is 9.53 Å². The number of aromatic amines is 1. The summed E-state index contributed by atoms with van der Waals surface area (Å²) in [7, 11) is 0. The predicted molar refractivity (Wildman–Crippen MR) is 87.9 cm³/mol. The number of amides is 1. The summed E-state index contributed by atoms with van der Waals surface area (Å²) >= 11 is 0. The van der Waals surface area contributed by atoms with Gasteiger partial charge >= 0.3 is 5.69 Å². The Bertz CT molecular complexity index is 901. The number of ether oxygens (including phenoxy) is 1. The molecule has 0 fully saturated rings. The van der Waals surface area contributed by atoms with Gasteiger partial charge in [-0.3, -0.25) is 4.79 Å². The normalized spacial score (nSPS) is 10.5. The van der Waals surface area contributed by atoms with Crippen molar-refractivity contribution in [3.8, 4) is 5.75 Å². The average molecular weight is 309 g/mol. The van der Waals surface area contributed by atoms with E-state index in [2.05, 4.69) is 15.3 Å². The highest BCUT2D eigenvalue weighted by molar-refractivity contribution is 6.10. The molecule has 6 nitrogen and oxygen atoms in total. The number of carbonyl (C=O) groups is 1. The molecule has 0 aliphatic heterocycles. The fourth-order valence-corrected chi connectivity index (χ4v) is 2.27. The molecule has 23 heavy (non-hydrogen) atoms. The maximum atomic E-state index is 12.4. The Morgan fingerprint density at radius 1 is 1.17 bits per heavy atom. The number of para-hydroxylation sites is 1. The van der Waals surface area contributed by atoms with E-state index in [1.165, 1.54) is 0 Å². The summed E-state index contributed by atoms with van der Waals surface area (Å²) in [5, 5.41) is 3.33. The maximum Gasteiger partial charge on any atom is 0.346 e. The van der Waals surface area contributed by atoms with Crippen molar-refractivity contribution in [2.24, 2.45) is 0 Å². The van der Waals surface area contributed by atoms with Gasteiger partial charge in [-0.2, -0.15) is 4.98 Å². The smallest absolute Gasteiger partial charge is 0.346 e. The van der Waals surface area contributed by atoms with E-state index in [0.717, 1.165) is 5.75 Å². The van der Waals surface area contributed by atoms with E-state index in [4.69, 9.17) is 4.74 Å². The molecule has 116 valence electrons. The molecule has 1 heterocycles. The molecule has 0 atom stereocenters. The highest BCUT2D eigenvalue weighted by atomic mass is 16.5. The Morgan fingerprint density at radius 2 is 1.91 bits per heavy atom. The molecule has 0 radical (unpaired) electrons. The zero-order valence-corrected chi connectivity index (χ0v) is 12.5. The van der Waals surface area contributed by atoms with Crippen LogP contribution in [0.15, 0.2) is 53.3 Å². The lowest BCUT2D eigenvalue weighted by Crippen LogP contribution is -2.21. The summed E-state index contributed by atoms with van der Waals surface area (Å²) in [6.45, 7) is 2.48. The molecule has 0 aliphatic rings. The van der Waals surface area contributed by atoms with Crippen LogP contribution >= 0.6 is 0 Å². The number of carbonyl (C=O) groups excluding carboxylic acids is 1. The number of aromatic nitrogens is 2. The molecule has 2 aromatic carbocycles. The summed E-state index contributed by atoms with van der Waals surface area (Å²) in [5.41, 5.74) is 0.715. The zero-order chi connectivity index (χ0) is 16.2. The number of rotatable bonds is 4. The van der Waals surface area contributed by atoms with Crippen LogP contribution in [0, 0.1) is 0 Å². The molecular formula is C17H15N3O3. The molecule has 0 saturated heterocycles. The van der Waals surface area contributed by atoms with E-state index in [1.54, 1.807) is 48.5 Å². The second-order valence-corrected chi connectivity index (χ2v) is 4.85. The van der Waals surface area contributed by atoms with Crippen LogP contribution in [-0.4, -0.2) is 22.5 Å². The Labute approximate surface area is 132 Å². The minimum atomic E-state index is -0.555. The van der Waals surface area contributed by atoms with Crippen molar-refractivity contribution in [2.75, 3.05) is 11.9 Å². The Morgan fingerprint density at radius 3 is 2.65 bits per heavy atom. The number of H-pyrrole nitrogens is 1. The van der Waals surface area contributed by atoms with Gasteiger partial charge < -0.3 is 15.0 Å². The van der Waals surface area contributed by atoms with E-state index < -0.39 is 11.6 Å². The first-order valence-electron chi connectivity index (χ1n) is 7.20. The maximum absolute atomic E-state index is 12.4. The molecule has 1 aromatic heterocycles. The highest BCUT2D eigenvalue weighted by Crippen LogP contribution is 2.18. The first-order chi connectivity index (χ1) is 11.2. The van der Waals surface area contributed by atoms with Crippen LogP contribution in [0.3, 0.4) is 0 Å². The highest BCUT2D eigenvalue weighted by Gasteiger charge is 2.13. The molecule has 0 unspecified atom stereocenters. The van der Waals surface area contributed by atoms with Gasteiger partial charge in [0, 0.05) is 11.1 Å². The van der Waals surface area contributed by atoms with Gasteiger partial charge in [0.15, 0.2) is 0 Å². The summed E-state index contributed by atoms with van der Waals surface area (Å²) in [5.74, 6) is 0.293. The zero-order valence-electron chi connectivity index (χ0n) is 12.5. The number of anilines is 1. The summed E-state index contributed by atoms with van der Waals surface area (Å²) < 4.78 is 5.35. The van der Waals surface area contributed by atoms with Crippen molar-refractivity contribution in [3.05, 3.63) is 64.7 Å². The number of hydrogen-bond donors (Lipinski definition) is 2. The van der Waals surface area contributed by atoms with Crippen LogP contribution in [-0.2, 0) is 0 Å². The van der Waals surface area contributed by atoms with Crippen molar-refractivity contribution in [1.82, 2.24) is 9.97 Å². The Kier molecular flexibility index (Phi) is 4.05. The second-order valence-electron chi connectivity index (χ2n) is 4.85. The number of hydrogen-bond acceptors (Lipinski definition) is 4. The molecule has 2 N–H and O–H groups in total. The third kappa shape index (κ3) is 3.21. The van der Waals surface area contributed by atoms with E-state index in [1.807, 2.05) is 6.92 Å². The van der Waals surface area contributed by atoms with Crippen LogP contribution in [0.1, 0.15) is 17.4 Å². The molecule has 3 rings (SSSR count). The Hall–Kier alpha value is -3.15. The minimum absolute atomic E-state index is 0.0956. The van der Waals surface area contributed by atoms with Gasteiger partial charge in [0.1, 0.15) is 11.4 Å². The fourth-order valence-electron chi connectivity index (χ4n) is 2.27. The van der Waals surface area contributed by atoms with Crippen molar-refractivity contribution in [2.45, 2.75) is 6.92 Å². The van der Waals surface area contributed by atoms with E-state index in [-0.39, 0.29) is 5.69 Å². The molecule has 3 aromatic rings. The number of nitrogens with one attached hydrogen (secondary N) is 2. The molecule has 1 amide bonds. The van der Waals surface area contributed by atoms with Crippen LogP contribution in [0.5, 0.6) is 5.75 Å². The average Bonchev–Trinajstić information content (AvgIpc) is 2.56. The first-order valence-corrected chi connectivity index (χ1v) is 7.20. The van der Waals surface area contributed by atoms with Crippen molar-refractivity contribution in [3.63, 3.8) is 0 Å². The summed E-state index contributed by atoms with van der Waals surface area (Å²) in [6.07, 6.45) is 0. The second kappa shape index (κ2) is 6.31. The predicted octanol–water partition coefficient (Wildman–Crippen LogP) is 2.57. The van der Waals surface area contributed by atoms with E-state index >= 15 is 0 Å². The quantitative estimate of drug-likeness (QED) is 0.776. The molecule has 0 spiro atoms. The number of fused-ring (bicyclic) bond motifs is 1. The summed E-state index contributed by atoms with van der Waals surface area (Å²) in [6, 6.07) is 14.0. The van der Waals surface area contributed by atoms with Gasteiger partial charge in [-0.05, 0) is 37.3 Å². The monoisotopic (exact) mass is 309 g/mol. The lowest BCUT2D eigenvalue weighted by atomic mass is 10.1. The molecule has 6 heteroatoms. The third-order valence-electron chi connectivity index (χ3n) is 3.28. The topological polar surface area (TPSA) is 84.1 Å². The SMILES string of the molecule is CCOc1ccc(NC(=O)c2nc(=O)[nH]c3ccccc23)cc1. The van der Waals surface area contributed by atoms with Gasteiger partial charge in [-0.25, -0.2) is 4.79 Å². The Balaban J connectivity index is 1.90. The first kappa shape index (κ1) is 14.8. The lowest BCUT2D eigenvalue weighted by Gasteiger charge is -2.08. The van der Waals surface area contributed by atoms with Gasteiger partial charge in [-0.1, -0.05) is 18.2 Å². The molecular weight excluding hydrogens is 294 g/mol. The molecule has 0 bridgehead atoms.